The number of carbonyl (C=O) groups is 1. The van der Waals surface area contributed by atoms with E-state index < -0.39 is 0 Å². The van der Waals surface area contributed by atoms with E-state index in [0.29, 0.717) is 22.3 Å². The van der Waals surface area contributed by atoms with E-state index in [9.17, 15) is 9.18 Å². The molecule has 0 atom stereocenters. The van der Waals surface area contributed by atoms with Crippen molar-refractivity contribution < 1.29 is 9.18 Å². The highest BCUT2D eigenvalue weighted by molar-refractivity contribution is 6.07. The standard InChI is InChI=1S/C16H12FN3O/c1-10-9-18-13-3-2-4-14(15(13)19-10)20-16(21)11-5-7-12(17)8-6-11/h2-9H,1H3,(H,20,21). The Balaban J connectivity index is 1.96. The number of nitrogens with zero attached hydrogens (tertiary/aromatic N) is 2. The molecule has 2 aromatic carbocycles. The molecule has 1 amide bonds. The highest BCUT2D eigenvalue weighted by Crippen LogP contribution is 2.20. The van der Waals surface area contributed by atoms with Crippen molar-refractivity contribution in [2.75, 3.05) is 5.32 Å². The fourth-order valence-corrected chi connectivity index (χ4v) is 2.02. The number of amides is 1. The molecule has 1 heterocycles. The highest BCUT2D eigenvalue weighted by Gasteiger charge is 2.10. The van der Waals surface area contributed by atoms with Crippen molar-refractivity contribution in [2.24, 2.45) is 0 Å². The van der Waals surface area contributed by atoms with Crippen molar-refractivity contribution in [3.63, 3.8) is 0 Å². The van der Waals surface area contributed by atoms with Gasteiger partial charge in [-0.3, -0.25) is 9.78 Å². The van der Waals surface area contributed by atoms with Gasteiger partial charge in [-0.1, -0.05) is 6.07 Å². The number of rotatable bonds is 2. The number of aromatic nitrogens is 2. The average molecular weight is 281 g/mol. The van der Waals surface area contributed by atoms with Crippen LogP contribution in [0, 0.1) is 12.7 Å². The van der Waals surface area contributed by atoms with E-state index in [4.69, 9.17) is 0 Å². The zero-order valence-corrected chi connectivity index (χ0v) is 11.3. The van der Waals surface area contributed by atoms with Gasteiger partial charge in [0.25, 0.3) is 5.91 Å². The Morgan fingerprint density at radius 1 is 1.14 bits per heavy atom. The van der Waals surface area contributed by atoms with Crippen molar-refractivity contribution in [1.82, 2.24) is 9.97 Å². The van der Waals surface area contributed by atoms with E-state index in [-0.39, 0.29) is 11.7 Å². The molecule has 0 aliphatic rings. The third kappa shape index (κ3) is 2.72. The predicted octanol–water partition coefficient (Wildman–Crippen LogP) is 3.33. The van der Waals surface area contributed by atoms with Gasteiger partial charge in [0, 0.05) is 11.8 Å². The zero-order chi connectivity index (χ0) is 14.8. The molecular formula is C16H12FN3O. The van der Waals surface area contributed by atoms with E-state index >= 15 is 0 Å². The second-order valence-electron chi connectivity index (χ2n) is 4.65. The van der Waals surface area contributed by atoms with Gasteiger partial charge in [0.1, 0.15) is 11.3 Å². The lowest BCUT2D eigenvalue weighted by atomic mass is 10.2. The molecule has 0 spiro atoms. The first kappa shape index (κ1) is 13.2. The maximum Gasteiger partial charge on any atom is 0.255 e. The Bertz CT molecular complexity index is 815. The van der Waals surface area contributed by atoms with Crippen LogP contribution < -0.4 is 5.32 Å². The normalized spacial score (nSPS) is 10.6. The molecule has 0 bridgehead atoms. The Labute approximate surface area is 120 Å². The molecule has 0 aliphatic carbocycles. The number of hydrogen-bond acceptors (Lipinski definition) is 3. The molecule has 0 saturated carbocycles. The van der Waals surface area contributed by atoms with E-state index in [1.54, 1.807) is 18.3 Å². The lowest BCUT2D eigenvalue weighted by molar-refractivity contribution is 0.102. The molecular weight excluding hydrogens is 269 g/mol. The summed E-state index contributed by atoms with van der Waals surface area (Å²) in [4.78, 5) is 20.8. The fraction of sp³-hybridized carbons (Fsp3) is 0.0625. The third-order valence-corrected chi connectivity index (χ3v) is 3.05. The Morgan fingerprint density at radius 3 is 2.67 bits per heavy atom. The van der Waals surface area contributed by atoms with Gasteiger partial charge in [0.15, 0.2) is 0 Å². The van der Waals surface area contributed by atoms with E-state index in [2.05, 4.69) is 15.3 Å². The largest absolute Gasteiger partial charge is 0.320 e. The summed E-state index contributed by atoms with van der Waals surface area (Å²) < 4.78 is 12.9. The van der Waals surface area contributed by atoms with Gasteiger partial charge >= 0.3 is 0 Å². The molecule has 0 aliphatic heterocycles. The van der Waals surface area contributed by atoms with Crippen molar-refractivity contribution >= 4 is 22.6 Å². The molecule has 0 fully saturated rings. The number of fused-ring (bicyclic) bond motifs is 1. The molecule has 0 unspecified atom stereocenters. The Kier molecular flexibility index (Phi) is 3.31. The lowest BCUT2D eigenvalue weighted by Gasteiger charge is -2.08. The summed E-state index contributed by atoms with van der Waals surface area (Å²) in [5, 5.41) is 2.78. The number of aryl methyl sites for hydroxylation is 1. The van der Waals surface area contributed by atoms with Crippen LogP contribution in [0.2, 0.25) is 0 Å². The minimum Gasteiger partial charge on any atom is -0.320 e. The van der Waals surface area contributed by atoms with Crippen LogP contribution in [0.1, 0.15) is 16.1 Å². The fourth-order valence-electron chi connectivity index (χ4n) is 2.02. The number of nitrogens with one attached hydrogen (secondary N) is 1. The SMILES string of the molecule is Cc1cnc2cccc(NC(=O)c3ccc(F)cc3)c2n1. The topological polar surface area (TPSA) is 54.9 Å². The highest BCUT2D eigenvalue weighted by atomic mass is 19.1. The summed E-state index contributed by atoms with van der Waals surface area (Å²) in [5.74, 6) is -0.691. The first-order valence-corrected chi connectivity index (χ1v) is 6.43. The van der Waals surface area contributed by atoms with Gasteiger partial charge in [-0.2, -0.15) is 0 Å². The molecule has 3 aromatic rings. The van der Waals surface area contributed by atoms with Crippen LogP contribution in [0.4, 0.5) is 10.1 Å². The second-order valence-corrected chi connectivity index (χ2v) is 4.65. The third-order valence-electron chi connectivity index (χ3n) is 3.05. The molecule has 5 heteroatoms. The number of carbonyl (C=O) groups excluding carboxylic acids is 1. The first-order valence-electron chi connectivity index (χ1n) is 6.43. The van der Waals surface area contributed by atoms with Gasteiger partial charge in [-0.05, 0) is 43.3 Å². The lowest BCUT2D eigenvalue weighted by Crippen LogP contribution is -2.12. The number of hydrogen-bond donors (Lipinski definition) is 1. The van der Waals surface area contributed by atoms with Crippen LogP contribution in [0.5, 0.6) is 0 Å². The average Bonchev–Trinajstić information content (AvgIpc) is 2.48. The van der Waals surface area contributed by atoms with Crippen LogP contribution in [-0.2, 0) is 0 Å². The smallest absolute Gasteiger partial charge is 0.255 e. The molecule has 4 nitrogen and oxygen atoms in total. The van der Waals surface area contributed by atoms with Gasteiger partial charge in [-0.25, -0.2) is 9.37 Å². The zero-order valence-electron chi connectivity index (χ0n) is 11.3. The minimum absolute atomic E-state index is 0.314. The summed E-state index contributed by atoms with van der Waals surface area (Å²) >= 11 is 0. The van der Waals surface area contributed by atoms with Crippen LogP contribution in [-0.4, -0.2) is 15.9 Å². The van der Waals surface area contributed by atoms with Crippen molar-refractivity contribution in [1.29, 1.82) is 0 Å². The number of benzene rings is 2. The summed E-state index contributed by atoms with van der Waals surface area (Å²) in [6.45, 7) is 1.84. The van der Waals surface area contributed by atoms with Crippen LogP contribution >= 0.6 is 0 Å². The Hall–Kier alpha value is -2.82. The van der Waals surface area contributed by atoms with Gasteiger partial charge in [-0.15, -0.1) is 0 Å². The van der Waals surface area contributed by atoms with Crippen LogP contribution in [0.3, 0.4) is 0 Å². The van der Waals surface area contributed by atoms with E-state index in [1.807, 2.05) is 13.0 Å². The molecule has 0 radical (unpaired) electrons. The van der Waals surface area contributed by atoms with Crippen molar-refractivity contribution in [3.8, 4) is 0 Å². The maximum atomic E-state index is 12.9. The molecule has 1 aromatic heterocycles. The molecule has 104 valence electrons. The quantitative estimate of drug-likeness (QED) is 0.784. The monoisotopic (exact) mass is 281 g/mol. The molecule has 0 saturated heterocycles. The molecule has 1 N–H and O–H groups in total. The maximum absolute atomic E-state index is 12.9. The summed E-state index contributed by atoms with van der Waals surface area (Å²) in [7, 11) is 0. The predicted molar refractivity (Wildman–Crippen MR) is 78.6 cm³/mol. The number of para-hydroxylation sites is 1. The van der Waals surface area contributed by atoms with E-state index in [0.717, 1.165) is 5.69 Å². The molecule has 3 rings (SSSR count). The summed E-state index contributed by atoms with van der Waals surface area (Å²) in [6.07, 6.45) is 1.67. The number of anilines is 1. The van der Waals surface area contributed by atoms with Gasteiger partial charge in [0.05, 0.1) is 16.9 Å². The summed E-state index contributed by atoms with van der Waals surface area (Å²) in [5.41, 5.74) is 3.07. The van der Waals surface area contributed by atoms with Crippen molar-refractivity contribution in [2.45, 2.75) is 6.92 Å². The van der Waals surface area contributed by atoms with Gasteiger partial charge < -0.3 is 5.32 Å². The van der Waals surface area contributed by atoms with Crippen LogP contribution in [0.15, 0.2) is 48.7 Å². The summed E-state index contributed by atoms with van der Waals surface area (Å²) in [6, 6.07) is 10.8. The second kappa shape index (κ2) is 5.28. The number of halogens is 1. The van der Waals surface area contributed by atoms with Gasteiger partial charge in [0.2, 0.25) is 0 Å². The molecule has 21 heavy (non-hydrogen) atoms. The minimum atomic E-state index is -0.377. The van der Waals surface area contributed by atoms with Crippen LogP contribution in [0.25, 0.3) is 11.0 Å². The van der Waals surface area contributed by atoms with Crippen molar-refractivity contribution in [3.05, 3.63) is 65.7 Å². The Morgan fingerprint density at radius 2 is 1.90 bits per heavy atom. The first-order chi connectivity index (χ1) is 10.1. The van der Waals surface area contributed by atoms with E-state index in [1.165, 1.54) is 24.3 Å².